The van der Waals surface area contributed by atoms with E-state index in [0.717, 1.165) is 29.8 Å². The van der Waals surface area contributed by atoms with Crippen molar-refractivity contribution in [1.82, 2.24) is 5.32 Å². The number of nitrogens with one attached hydrogen (secondary N) is 1. The minimum atomic E-state index is -1.26. The molecular weight excluding hydrogens is 380 g/mol. The zero-order chi connectivity index (χ0) is 20.3. The molecule has 8 heteroatoms. The third-order valence-corrected chi connectivity index (χ3v) is 4.89. The number of carbonyl (C=O) groups excluding carboxylic acids is 1. The van der Waals surface area contributed by atoms with Crippen LogP contribution in [0.2, 0.25) is 0 Å². The van der Waals surface area contributed by atoms with E-state index in [1.54, 1.807) is 6.08 Å². The highest BCUT2D eigenvalue weighted by Crippen LogP contribution is 2.29. The standard InChI is InChI=1S/C20H16N2O5S/c1-2-11-3-5-12(6-4-11)7-16-17(23)22-20(28-16)21-15-9-13(18(24)25)8-14(10-15)19(26)27/h3-10H,2H2,1H3,(H,24,25)(H,26,27)(H,21,22,23)/b16-7-. The first kappa shape index (κ1) is 19.4. The van der Waals surface area contributed by atoms with E-state index < -0.39 is 11.9 Å². The van der Waals surface area contributed by atoms with Gasteiger partial charge in [-0.3, -0.25) is 4.79 Å². The van der Waals surface area contributed by atoms with E-state index in [4.69, 9.17) is 10.2 Å². The molecule has 0 spiro atoms. The molecule has 1 amide bonds. The summed E-state index contributed by atoms with van der Waals surface area (Å²) in [6.45, 7) is 2.06. The van der Waals surface area contributed by atoms with E-state index >= 15 is 0 Å². The number of amides is 1. The van der Waals surface area contributed by atoms with Crippen LogP contribution in [0.4, 0.5) is 5.69 Å². The van der Waals surface area contributed by atoms with Gasteiger partial charge in [0.15, 0.2) is 5.17 Å². The fourth-order valence-electron chi connectivity index (χ4n) is 2.52. The zero-order valence-electron chi connectivity index (χ0n) is 14.8. The van der Waals surface area contributed by atoms with Gasteiger partial charge in [-0.05, 0) is 53.6 Å². The summed E-state index contributed by atoms with van der Waals surface area (Å²) < 4.78 is 0. The Labute approximate surface area is 164 Å². The third-order valence-electron chi connectivity index (χ3n) is 3.98. The summed E-state index contributed by atoms with van der Waals surface area (Å²) in [7, 11) is 0. The summed E-state index contributed by atoms with van der Waals surface area (Å²) in [6, 6.07) is 11.4. The quantitative estimate of drug-likeness (QED) is 0.666. The molecule has 0 aliphatic carbocycles. The van der Waals surface area contributed by atoms with Gasteiger partial charge in [-0.2, -0.15) is 0 Å². The van der Waals surface area contributed by atoms with Crippen LogP contribution in [0.1, 0.15) is 38.8 Å². The molecule has 142 valence electrons. The molecule has 0 bridgehead atoms. The lowest BCUT2D eigenvalue weighted by atomic mass is 10.1. The Kier molecular flexibility index (Phi) is 5.60. The Morgan fingerprint density at radius 1 is 1.07 bits per heavy atom. The summed E-state index contributed by atoms with van der Waals surface area (Å²) in [6.07, 6.45) is 2.66. The van der Waals surface area contributed by atoms with Crippen molar-refractivity contribution in [2.24, 2.45) is 4.99 Å². The number of carboxylic acids is 2. The number of carboxylic acid groups (broad SMARTS) is 2. The number of thioether (sulfide) groups is 1. The number of benzene rings is 2. The maximum absolute atomic E-state index is 12.2. The normalized spacial score (nSPS) is 16.4. The van der Waals surface area contributed by atoms with E-state index in [1.165, 1.54) is 17.7 Å². The molecule has 1 aliphatic heterocycles. The first-order valence-electron chi connectivity index (χ1n) is 8.36. The van der Waals surface area contributed by atoms with E-state index in [1.807, 2.05) is 24.3 Å². The molecule has 0 radical (unpaired) electrons. The van der Waals surface area contributed by atoms with Crippen LogP contribution >= 0.6 is 11.8 Å². The number of nitrogens with zero attached hydrogens (tertiary/aromatic N) is 1. The van der Waals surface area contributed by atoms with Gasteiger partial charge in [-0.25, -0.2) is 14.6 Å². The van der Waals surface area contributed by atoms with Crippen LogP contribution in [0, 0.1) is 0 Å². The fraction of sp³-hybridized carbons (Fsp3) is 0.100. The number of aryl methyl sites for hydroxylation is 1. The van der Waals surface area contributed by atoms with Crippen molar-refractivity contribution in [3.05, 3.63) is 69.6 Å². The molecule has 0 unspecified atom stereocenters. The molecule has 0 aromatic heterocycles. The number of aliphatic imine (C=N–C) groups is 1. The highest BCUT2D eigenvalue weighted by molar-refractivity contribution is 8.18. The number of carbonyl (C=O) groups is 3. The van der Waals surface area contributed by atoms with Crippen molar-refractivity contribution < 1.29 is 24.6 Å². The monoisotopic (exact) mass is 396 g/mol. The molecule has 0 atom stereocenters. The maximum Gasteiger partial charge on any atom is 0.335 e. The minimum Gasteiger partial charge on any atom is -0.478 e. The second kappa shape index (κ2) is 8.10. The van der Waals surface area contributed by atoms with Gasteiger partial charge < -0.3 is 15.5 Å². The van der Waals surface area contributed by atoms with Crippen molar-refractivity contribution in [2.75, 3.05) is 0 Å². The first-order valence-corrected chi connectivity index (χ1v) is 9.17. The van der Waals surface area contributed by atoms with Crippen molar-refractivity contribution in [3.8, 4) is 0 Å². The topological polar surface area (TPSA) is 116 Å². The van der Waals surface area contributed by atoms with Crippen molar-refractivity contribution in [2.45, 2.75) is 13.3 Å². The fourth-order valence-corrected chi connectivity index (χ4v) is 3.36. The molecule has 3 N–H and O–H groups in total. The smallest absolute Gasteiger partial charge is 0.335 e. The van der Waals surface area contributed by atoms with Crippen LogP contribution in [0.25, 0.3) is 6.08 Å². The summed E-state index contributed by atoms with van der Waals surface area (Å²) in [5.74, 6) is -2.84. The second-order valence-corrected chi connectivity index (χ2v) is 6.99. The SMILES string of the molecule is CCc1ccc(/C=C2\SC(=Nc3cc(C(=O)O)cc(C(=O)O)c3)NC2=O)cc1. The van der Waals surface area contributed by atoms with E-state index in [0.29, 0.717) is 4.91 Å². The van der Waals surface area contributed by atoms with Crippen molar-refractivity contribution in [1.29, 1.82) is 0 Å². The van der Waals surface area contributed by atoms with Crippen LogP contribution in [0.3, 0.4) is 0 Å². The number of rotatable bonds is 5. The number of aromatic carboxylic acids is 2. The summed E-state index contributed by atoms with van der Waals surface area (Å²) in [4.78, 5) is 39.2. The second-order valence-electron chi connectivity index (χ2n) is 5.96. The van der Waals surface area contributed by atoms with Crippen LogP contribution in [0.15, 0.2) is 52.4 Å². The van der Waals surface area contributed by atoms with Gasteiger partial charge in [0, 0.05) is 0 Å². The lowest BCUT2D eigenvalue weighted by molar-refractivity contribution is -0.115. The van der Waals surface area contributed by atoms with Crippen LogP contribution in [0.5, 0.6) is 0 Å². The molecule has 0 saturated carbocycles. The molecule has 3 rings (SSSR count). The average Bonchev–Trinajstić information content (AvgIpc) is 3.00. The van der Waals surface area contributed by atoms with Gasteiger partial charge in [0.25, 0.3) is 5.91 Å². The lowest BCUT2D eigenvalue weighted by Gasteiger charge is -2.02. The van der Waals surface area contributed by atoms with Gasteiger partial charge in [0.2, 0.25) is 0 Å². The van der Waals surface area contributed by atoms with Gasteiger partial charge in [-0.15, -0.1) is 0 Å². The number of hydrogen-bond acceptors (Lipinski definition) is 5. The maximum atomic E-state index is 12.2. The molecule has 1 fully saturated rings. The summed E-state index contributed by atoms with van der Waals surface area (Å²) in [5.41, 5.74) is 1.81. The summed E-state index contributed by atoms with van der Waals surface area (Å²) in [5, 5.41) is 21.1. The number of amidine groups is 1. The average molecular weight is 396 g/mol. The molecule has 1 aliphatic rings. The summed E-state index contributed by atoms with van der Waals surface area (Å²) >= 11 is 1.10. The van der Waals surface area contributed by atoms with Crippen LogP contribution in [-0.4, -0.2) is 33.2 Å². The minimum absolute atomic E-state index is 0.133. The largest absolute Gasteiger partial charge is 0.478 e. The lowest BCUT2D eigenvalue weighted by Crippen LogP contribution is -2.19. The van der Waals surface area contributed by atoms with Crippen molar-refractivity contribution >= 4 is 46.5 Å². The first-order chi connectivity index (χ1) is 13.4. The molecule has 2 aromatic rings. The van der Waals surface area contributed by atoms with Gasteiger partial charge in [0.05, 0.1) is 21.7 Å². The van der Waals surface area contributed by atoms with Gasteiger partial charge >= 0.3 is 11.9 Å². The molecule has 7 nitrogen and oxygen atoms in total. The molecule has 1 saturated heterocycles. The van der Waals surface area contributed by atoms with Crippen molar-refractivity contribution in [3.63, 3.8) is 0 Å². The van der Waals surface area contributed by atoms with Gasteiger partial charge in [0.1, 0.15) is 0 Å². The Hall–Kier alpha value is -3.39. The van der Waals surface area contributed by atoms with E-state index in [2.05, 4.69) is 17.2 Å². The van der Waals surface area contributed by atoms with E-state index in [9.17, 15) is 14.4 Å². The Balaban J connectivity index is 1.88. The third kappa shape index (κ3) is 4.47. The molecule has 2 aromatic carbocycles. The van der Waals surface area contributed by atoms with Crippen LogP contribution in [-0.2, 0) is 11.2 Å². The van der Waals surface area contributed by atoms with E-state index in [-0.39, 0.29) is 27.9 Å². The molecular formula is C20H16N2O5S. The Morgan fingerprint density at radius 2 is 1.68 bits per heavy atom. The zero-order valence-corrected chi connectivity index (χ0v) is 15.6. The predicted molar refractivity (Wildman–Crippen MR) is 107 cm³/mol. The van der Waals surface area contributed by atoms with Gasteiger partial charge in [-0.1, -0.05) is 31.2 Å². The van der Waals surface area contributed by atoms with Crippen LogP contribution < -0.4 is 5.32 Å². The molecule has 1 heterocycles. The Bertz CT molecular complexity index is 993. The highest BCUT2D eigenvalue weighted by atomic mass is 32.2. The highest BCUT2D eigenvalue weighted by Gasteiger charge is 2.24. The molecule has 28 heavy (non-hydrogen) atoms. The Morgan fingerprint density at radius 3 is 2.21 bits per heavy atom. The predicted octanol–water partition coefficient (Wildman–Crippen LogP) is 3.54. The number of hydrogen-bond donors (Lipinski definition) is 3.